The van der Waals surface area contributed by atoms with Crippen molar-refractivity contribution in [3.63, 3.8) is 0 Å². The van der Waals surface area contributed by atoms with E-state index in [1.807, 2.05) is 43.0 Å². The fourth-order valence-electron chi connectivity index (χ4n) is 6.28. The molecule has 16 heteroatoms. The van der Waals surface area contributed by atoms with Crippen molar-refractivity contribution in [1.29, 1.82) is 0 Å². The molecule has 1 aliphatic rings. The Balaban J connectivity index is 1.88. The predicted molar refractivity (Wildman–Crippen MR) is 195 cm³/mol. The molecule has 53 heavy (non-hydrogen) atoms. The number of sulfonamides is 1. The molecule has 0 bridgehead atoms. The van der Waals surface area contributed by atoms with Crippen LogP contribution in [0.25, 0.3) is 11.1 Å². The number of pyridine rings is 1. The second-order valence-electron chi connectivity index (χ2n) is 15.5. The molecule has 8 nitrogen and oxygen atoms in total. The summed E-state index contributed by atoms with van der Waals surface area (Å²) < 4.78 is 116. The van der Waals surface area contributed by atoms with Gasteiger partial charge in [-0.05, 0) is 80.6 Å². The number of anilines is 2. The van der Waals surface area contributed by atoms with Gasteiger partial charge in [0.25, 0.3) is 0 Å². The third kappa shape index (κ3) is 9.61. The molecule has 1 atom stereocenters. The molecule has 0 saturated carbocycles. The molecule has 3 aromatic rings. The van der Waals surface area contributed by atoms with Crippen LogP contribution < -0.4 is 9.80 Å². The maximum absolute atomic E-state index is 14.4. The van der Waals surface area contributed by atoms with E-state index in [1.54, 1.807) is 13.0 Å². The van der Waals surface area contributed by atoms with Crippen molar-refractivity contribution in [1.82, 2.24) is 9.29 Å². The van der Waals surface area contributed by atoms with Gasteiger partial charge in [-0.1, -0.05) is 45.0 Å². The highest BCUT2D eigenvalue weighted by atomic mass is 32.2. The normalized spacial score (nSPS) is 16.9. The Morgan fingerprint density at radius 1 is 0.868 bits per heavy atom. The largest absolute Gasteiger partial charge is 0.416 e. The second-order valence-corrected chi connectivity index (χ2v) is 19.4. The molecule has 1 amide bonds. The highest BCUT2D eigenvalue weighted by molar-refractivity contribution is 7.88. The molecular formula is C37H46F6N4O4SSi. The second kappa shape index (κ2) is 14.6. The van der Waals surface area contributed by atoms with E-state index < -0.39 is 56.0 Å². The first-order valence-electron chi connectivity index (χ1n) is 16.9. The summed E-state index contributed by atoms with van der Waals surface area (Å²) >= 11 is 0. The summed E-state index contributed by atoms with van der Waals surface area (Å²) in [6.07, 6.45) is -7.58. The van der Waals surface area contributed by atoms with Gasteiger partial charge in [0.15, 0.2) is 0 Å². The SMILES string of the molecule is C[C@H]1CN(c2cc(-c3ccccc3C(C)(C)O[Si]C(C)(C)C)c(N(C)C(=O)C(C)(C)c3cc(C(F)(F)F)cc(C(F)(F)F)c3)cn2)CCN1S(C)(=O)=O. The van der Waals surface area contributed by atoms with E-state index in [0.29, 0.717) is 42.2 Å². The summed E-state index contributed by atoms with van der Waals surface area (Å²) in [6, 6.07) is 9.98. The van der Waals surface area contributed by atoms with Crippen molar-refractivity contribution in [2.75, 3.05) is 42.7 Å². The smallest absolute Gasteiger partial charge is 0.408 e. The minimum atomic E-state index is -5.09. The summed E-state index contributed by atoms with van der Waals surface area (Å²) in [5, 5.41) is -0.139. The molecule has 1 aliphatic heterocycles. The van der Waals surface area contributed by atoms with E-state index in [4.69, 9.17) is 4.43 Å². The van der Waals surface area contributed by atoms with E-state index in [1.165, 1.54) is 36.3 Å². The highest BCUT2D eigenvalue weighted by Crippen LogP contribution is 2.43. The maximum atomic E-state index is 14.4. The molecule has 1 fully saturated rings. The van der Waals surface area contributed by atoms with Crippen LogP contribution in [0.1, 0.15) is 77.6 Å². The Morgan fingerprint density at radius 3 is 1.92 bits per heavy atom. The van der Waals surface area contributed by atoms with Gasteiger partial charge >= 0.3 is 12.4 Å². The lowest BCUT2D eigenvalue weighted by Gasteiger charge is -2.39. The van der Waals surface area contributed by atoms with E-state index in [-0.39, 0.29) is 39.1 Å². The summed E-state index contributed by atoms with van der Waals surface area (Å²) in [5.41, 5.74) is -4.02. The van der Waals surface area contributed by atoms with Crippen LogP contribution in [0, 0.1) is 0 Å². The molecule has 1 aromatic heterocycles. The maximum Gasteiger partial charge on any atom is 0.416 e. The fraction of sp³-hybridized carbons (Fsp3) is 0.514. The summed E-state index contributed by atoms with van der Waals surface area (Å²) in [6.45, 7) is 15.2. The average Bonchev–Trinajstić information content (AvgIpc) is 3.04. The van der Waals surface area contributed by atoms with Crippen molar-refractivity contribution in [2.24, 2.45) is 0 Å². The zero-order valence-electron chi connectivity index (χ0n) is 31.5. The molecule has 290 valence electrons. The van der Waals surface area contributed by atoms with Crippen LogP contribution in [0.3, 0.4) is 0 Å². The van der Waals surface area contributed by atoms with E-state index in [0.717, 1.165) is 11.8 Å². The van der Waals surface area contributed by atoms with Gasteiger partial charge in [-0.3, -0.25) is 4.79 Å². The molecule has 0 unspecified atom stereocenters. The van der Waals surface area contributed by atoms with Crippen molar-refractivity contribution < 1.29 is 44.0 Å². The van der Waals surface area contributed by atoms with Crippen molar-refractivity contribution in [2.45, 2.75) is 89.8 Å². The minimum Gasteiger partial charge on any atom is -0.408 e. The van der Waals surface area contributed by atoms with E-state index in [2.05, 4.69) is 25.8 Å². The number of aromatic nitrogens is 1. The van der Waals surface area contributed by atoms with Crippen LogP contribution in [0.5, 0.6) is 0 Å². The molecule has 0 N–H and O–H groups in total. The Labute approximate surface area is 310 Å². The minimum absolute atomic E-state index is 0.0338. The van der Waals surface area contributed by atoms with E-state index >= 15 is 0 Å². The van der Waals surface area contributed by atoms with Crippen molar-refractivity contribution >= 4 is 37.2 Å². The fourth-order valence-corrected chi connectivity index (χ4v) is 8.09. The number of alkyl halides is 6. The predicted octanol–water partition coefficient (Wildman–Crippen LogP) is 8.29. The van der Waals surface area contributed by atoms with Gasteiger partial charge < -0.3 is 14.2 Å². The van der Waals surface area contributed by atoms with E-state index in [9.17, 15) is 39.6 Å². The molecule has 0 spiro atoms. The number of carbonyl (C=O) groups excluding carboxylic acids is 1. The number of amides is 1. The van der Waals surface area contributed by atoms with Gasteiger partial charge in [-0.25, -0.2) is 13.4 Å². The lowest BCUT2D eigenvalue weighted by molar-refractivity contribution is -0.143. The Kier molecular flexibility index (Phi) is 11.7. The van der Waals surface area contributed by atoms with Crippen LogP contribution in [0.2, 0.25) is 5.04 Å². The van der Waals surface area contributed by atoms with Gasteiger partial charge in [0.2, 0.25) is 25.7 Å². The number of halogens is 6. The molecule has 2 radical (unpaired) electrons. The van der Waals surface area contributed by atoms with Gasteiger partial charge in [-0.15, -0.1) is 0 Å². The van der Waals surface area contributed by atoms with Gasteiger partial charge in [-0.2, -0.15) is 30.6 Å². The first-order chi connectivity index (χ1) is 24.0. The lowest BCUT2D eigenvalue weighted by atomic mass is 9.81. The standard InChI is InChI=1S/C37H46F6N4O4SSi/c1-23-22-46(15-16-47(23)52(10,49)50)31-20-28(27-13-11-12-14-29(27)35(7,8)51-53-33(2,3)4)30(21-44-31)45(9)32(48)34(5,6)24-17-25(36(38,39)40)19-26(18-24)37(41,42)43/h11-14,17-21,23H,15-16,22H2,1-10H3/t23-/m0/s1. The Hall–Kier alpha value is -3.47. The third-order valence-corrected chi connectivity index (χ3v) is 11.8. The average molecular weight is 785 g/mol. The quantitative estimate of drug-likeness (QED) is 0.161. The molecule has 0 aliphatic carbocycles. The summed E-state index contributed by atoms with van der Waals surface area (Å²) in [7, 11) is -1.93. The van der Waals surface area contributed by atoms with Crippen molar-refractivity contribution in [3.8, 4) is 11.1 Å². The van der Waals surface area contributed by atoms with Gasteiger partial charge in [0, 0.05) is 38.3 Å². The number of piperazine rings is 1. The third-order valence-electron chi connectivity index (χ3n) is 9.17. The number of rotatable bonds is 9. The number of carbonyl (C=O) groups is 1. The molecule has 1 saturated heterocycles. The lowest BCUT2D eigenvalue weighted by Crippen LogP contribution is -2.53. The number of benzene rings is 2. The van der Waals surface area contributed by atoms with Gasteiger partial charge in [0.1, 0.15) is 5.82 Å². The first-order valence-corrected chi connectivity index (χ1v) is 19.6. The van der Waals surface area contributed by atoms with Gasteiger partial charge in [0.05, 0.1) is 40.3 Å². The molecular weight excluding hydrogens is 739 g/mol. The van der Waals surface area contributed by atoms with Crippen molar-refractivity contribution in [3.05, 3.63) is 77.0 Å². The number of hydrogen-bond donors (Lipinski definition) is 0. The molecule has 4 rings (SSSR count). The number of hydrogen-bond acceptors (Lipinski definition) is 6. The van der Waals surface area contributed by atoms with Crippen LogP contribution in [0.15, 0.2) is 54.7 Å². The zero-order valence-corrected chi connectivity index (χ0v) is 33.3. The van der Waals surface area contributed by atoms with Crippen LogP contribution in [-0.2, 0) is 42.6 Å². The number of likely N-dealkylation sites (N-methyl/N-ethyl adjacent to an activating group) is 1. The Morgan fingerprint density at radius 2 is 1.42 bits per heavy atom. The first kappa shape index (κ1) is 42.3. The number of nitrogens with zero attached hydrogens (tertiary/aromatic N) is 4. The summed E-state index contributed by atoms with van der Waals surface area (Å²) in [5.74, 6) is -0.292. The highest BCUT2D eigenvalue weighted by Gasteiger charge is 2.42. The Bertz CT molecular complexity index is 1910. The molecule has 2 aromatic carbocycles. The van der Waals surface area contributed by atoms with Crippen LogP contribution in [-0.4, -0.2) is 72.4 Å². The topological polar surface area (TPSA) is 83.1 Å². The summed E-state index contributed by atoms with van der Waals surface area (Å²) in [4.78, 5) is 22.2. The zero-order chi connectivity index (χ0) is 40.1. The van der Waals surface area contributed by atoms with Crippen LogP contribution in [0.4, 0.5) is 37.8 Å². The monoisotopic (exact) mass is 784 g/mol. The molecule has 2 heterocycles. The van der Waals surface area contributed by atoms with Crippen LogP contribution >= 0.6 is 0 Å².